The van der Waals surface area contributed by atoms with Gasteiger partial charge in [-0.3, -0.25) is 4.79 Å². The summed E-state index contributed by atoms with van der Waals surface area (Å²) >= 11 is 10.1. The summed E-state index contributed by atoms with van der Waals surface area (Å²) in [5.74, 6) is 5.13. The van der Waals surface area contributed by atoms with Gasteiger partial charge >= 0.3 is 0 Å². The Bertz CT molecular complexity index is 451. The fraction of sp³-hybridized carbons (Fsp3) is 0.286. The molecular formula is C7H10Cl2N4O2S. The monoisotopic (exact) mass is 284 g/mol. The van der Waals surface area contributed by atoms with Crippen molar-refractivity contribution in [3.63, 3.8) is 0 Å². The van der Waals surface area contributed by atoms with E-state index in [0.29, 0.717) is 11.6 Å². The Morgan fingerprint density at radius 2 is 2.38 bits per heavy atom. The van der Waals surface area contributed by atoms with Gasteiger partial charge in [-0.1, -0.05) is 11.6 Å². The molecule has 0 spiro atoms. The number of hydrogen-bond acceptors (Lipinski definition) is 4. The summed E-state index contributed by atoms with van der Waals surface area (Å²) in [5, 5.41) is 9.01. The molecule has 0 atom stereocenters. The lowest BCUT2D eigenvalue weighted by atomic mass is 10.5. The van der Waals surface area contributed by atoms with Gasteiger partial charge in [0, 0.05) is 12.7 Å². The largest absolute Gasteiger partial charge is 0.485 e. The van der Waals surface area contributed by atoms with Crippen molar-refractivity contribution >= 4 is 47.2 Å². The molecule has 16 heavy (non-hydrogen) atoms. The van der Waals surface area contributed by atoms with Crippen LogP contribution in [0.25, 0.3) is 0 Å². The Morgan fingerprint density at radius 1 is 1.81 bits per heavy atom. The van der Waals surface area contributed by atoms with Gasteiger partial charge in [-0.25, -0.2) is 15.8 Å². The Hall–Kier alpha value is -0.890. The van der Waals surface area contributed by atoms with E-state index >= 15 is 0 Å². The smallest absolute Gasteiger partial charge is 0.295 e. The van der Waals surface area contributed by atoms with Crippen molar-refractivity contribution < 1.29 is 5.11 Å². The van der Waals surface area contributed by atoms with E-state index in [-0.39, 0.29) is 23.4 Å². The SMILES string of the molecule is CCn1cc(Cl)nc(N(N)C(O)=S)c1=O.Cl. The average molecular weight is 285 g/mol. The van der Waals surface area contributed by atoms with E-state index in [9.17, 15) is 4.79 Å². The fourth-order valence-corrected chi connectivity index (χ4v) is 1.26. The minimum absolute atomic E-state index is 0. The van der Waals surface area contributed by atoms with Gasteiger partial charge in [0.15, 0.2) is 0 Å². The maximum Gasteiger partial charge on any atom is 0.295 e. The van der Waals surface area contributed by atoms with Gasteiger partial charge in [-0.05, 0) is 19.1 Å². The molecule has 0 amide bonds. The fourth-order valence-electron chi connectivity index (χ4n) is 0.976. The summed E-state index contributed by atoms with van der Waals surface area (Å²) in [7, 11) is 0. The van der Waals surface area contributed by atoms with E-state index in [1.165, 1.54) is 10.8 Å². The number of anilines is 1. The standard InChI is InChI=1S/C7H9ClN4O2S.ClH/c1-2-11-3-4(8)10-5(6(11)13)12(9)7(14)15;/h3H,2,9H2,1H3,(H,14,15);1H. The minimum atomic E-state index is -0.649. The van der Waals surface area contributed by atoms with Crippen LogP contribution in [-0.4, -0.2) is 19.8 Å². The Kier molecular flexibility index (Phi) is 5.66. The molecule has 90 valence electrons. The first-order valence-electron chi connectivity index (χ1n) is 4.02. The third-order valence-corrected chi connectivity index (χ3v) is 2.08. The number of halogens is 2. The average Bonchev–Trinajstić information content (AvgIpc) is 2.19. The molecule has 0 bridgehead atoms. The normalized spacial score (nSPS) is 9.44. The Balaban J connectivity index is 0.00000225. The van der Waals surface area contributed by atoms with Crippen molar-refractivity contribution in [2.24, 2.45) is 5.84 Å². The van der Waals surface area contributed by atoms with Crippen molar-refractivity contribution in [3.05, 3.63) is 21.7 Å². The zero-order valence-electron chi connectivity index (χ0n) is 8.25. The van der Waals surface area contributed by atoms with Gasteiger partial charge in [0.25, 0.3) is 10.7 Å². The molecule has 0 unspecified atom stereocenters. The second-order valence-electron chi connectivity index (χ2n) is 2.63. The second kappa shape index (κ2) is 6.00. The molecule has 9 heteroatoms. The molecule has 6 nitrogen and oxygen atoms in total. The van der Waals surface area contributed by atoms with Crippen molar-refractivity contribution in [3.8, 4) is 0 Å². The molecule has 0 saturated heterocycles. The highest BCUT2D eigenvalue weighted by atomic mass is 35.5. The van der Waals surface area contributed by atoms with Crippen LogP contribution in [0.4, 0.5) is 5.82 Å². The topological polar surface area (TPSA) is 84.4 Å². The molecule has 0 aliphatic carbocycles. The van der Waals surface area contributed by atoms with Crippen LogP contribution < -0.4 is 16.4 Å². The molecule has 1 aromatic rings. The molecule has 0 radical (unpaired) electrons. The minimum Gasteiger partial charge on any atom is -0.485 e. The maximum absolute atomic E-state index is 11.6. The Labute approximate surface area is 108 Å². The first-order chi connectivity index (χ1) is 6.97. The van der Waals surface area contributed by atoms with Crippen molar-refractivity contribution in [2.45, 2.75) is 13.5 Å². The van der Waals surface area contributed by atoms with Gasteiger partial charge in [0.05, 0.1) is 0 Å². The predicted molar refractivity (Wildman–Crippen MR) is 68.3 cm³/mol. The van der Waals surface area contributed by atoms with Crippen LogP contribution in [0, 0.1) is 0 Å². The molecule has 0 aliphatic rings. The summed E-state index contributed by atoms with van der Waals surface area (Å²) in [6.07, 6.45) is 1.38. The number of hydrazine groups is 1. The van der Waals surface area contributed by atoms with Gasteiger partial charge < -0.3 is 9.67 Å². The molecule has 1 heterocycles. The highest BCUT2D eigenvalue weighted by molar-refractivity contribution is 7.80. The number of thiocarbonyl (C=S) groups is 1. The summed E-state index contributed by atoms with van der Waals surface area (Å²) in [5.41, 5.74) is -0.471. The van der Waals surface area contributed by atoms with E-state index in [4.69, 9.17) is 22.6 Å². The number of rotatable bonds is 2. The second-order valence-corrected chi connectivity index (χ2v) is 3.38. The quantitative estimate of drug-likeness (QED) is 0.476. The van der Waals surface area contributed by atoms with E-state index in [1.54, 1.807) is 6.92 Å². The van der Waals surface area contributed by atoms with Crippen LogP contribution in [0.15, 0.2) is 11.0 Å². The molecule has 0 fully saturated rings. The Morgan fingerprint density at radius 3 is 2.81 bits per heavy atom. The first-order valence-corrected chi connectivity index (χ1v) is 4.80. The van der Waals surface area contributed by atoms with Gasteiger partial charge in [0.1, 0.15) is 5.15 Å². The molecule has 0 saturated carbocycles. The van der Waals surface area contributed by atoms with Crippen LogP contribution in [0.3, 0.4) is 0 Å². The van der Waals surface area contributed by atoms with E-state index < -0.39 is 10.7 Å². The van der Waals surface area contributed by atoms with Crippen LogP contribution in [0.1, 0.15) is 6.92 Å². The first kappa shape index (κ1) is 15.1. The summed E-state index contributed by atoms with van der Waals surface area (Å²) in [6.45, 7) is 2.18. The lowest BCUT2D eigenvalue weighted by Gasteiger charge is -2.14. The maximum atomic E-state index is 11.6. The zero-order valence-corrected chi connectivity index (χ0v) is 10.6. The van der Waals surface area contributed by atoms with E-state index in [0.717, 1.165) is 0 Å². The van der Waals surface area contributed by atoms with Crippen molar-refractivity contribution in [2.75, 3.05) is 5.01 Å². The number of aryl methyl sites for hydroxylation is 1. The van der Waals surface area contributed by atoms with Crippen LogP contribution in [-0.2, 0) is 6.54 Å². The van der Waals surface area contributed by atoms with Crippen LogP contribution >= 0.6 is 36.2 Å². The third-order valence-electron chi connectivity index (χ3n) is 1.70. The van der Waals surface area contributed by atoms with Crippen LogP contribution in [0.2, 0.25) is 5.15 Å². The van der Waals surface area contributed by atoms with E-state index in [1.807, 2.05) is 0 Å². The number of nitrogens with two attached hydrogens (primary N) is 1. The van der Waals surface area contributed by atoms with Gasteiger partial charge in [0.2, 0.25) is 5.82 Å². The number of aliphatic hydroxyl groups excluding tert-OH is 1. The summed E-state index contributed by atoms with van der Waals surface area (Å²) < 4.78 is 1.31. The molecule has 0 aromatic carbocycles. The number of aromatic nitrogens is 2. The molecular weight excluding hydrogens is 275 g/mol. The molecule has 3 N–H and O–H groups in total. The van der Waals surface area contributed by atoms with E-state index in [2.05, 4.69) is 17.2 Å². The lowest BCUT2D eigenvalue weighted by Crippen LogP contribution is -2.42. The third kappa shape index (κ3) is 3.05. The van der Waals surface area contributed by atoms with Gasteiger partial charge in [-0.15, -0.1) is 12.4 Å². The van der Waals surface area contributed by atoms with Crippen LogP contribution in [0.5, 0.6) is 0 Å². The molecule has 0 aliphatic heterocycles. The van der Waals surface area contributed by atoms with Crippen molar-refractivity contribution in [1.29, 1.82) is 0 Å². The highest BCUT2D eigenvalue weighted by Crippen LogP contribution is 2.07. The molecule has 1 rings (SSSR count). The zero-order chi connectivity index (χ0) is 11.6. The number of nitrogens with zero attached hydrogens (tertiary/aromatic N) is 3. The predicted octanol–water partition coefficient (Wildman–Crippen LogP) is 0.861. The number of aliphatic hydroxyl groups is 1. The summed E-state index contributed by atoms with van der Waals surface area (Å²) in [6, 6.07) is 0. The number of hydrogen-bond donors (Lipinski definition) is 2. The molecule has 1 aromatic heterocycles. The highest BCUT2D eigenvalue weighted by Gasteiger charge is 2.15. The lowest BCUT2D eigenvalue weighted by molar-refractivity contribution is 0.547. The summed E-state index contributed by atoms with van der Waals surface area (Å²) in [4.78, 5) is 15.3. The van der Waals surface area contributed by atoms with Crippen molar-refractivity contribution in [1.82, 2.24) is 9.55 Å². The van der Waals surface area contributed by atoms with Gasteiger partial charge in [-0.2, -0.15) is 0 Å².